The summed E-state index contributed by atoms with van der Waals surface area (Å²) < 4.78 is 59.0. The summed E-state index contributed by atoms with van der Waals surface area (Å²) in [6.07, 6.45) is 2.10. The lowest BCUT2D eigenvalue weighted by Gasteiger charge is -2.12. The van der Waals surface area contributed by atoms with Gasteiger partial charge in [-0.2, -0.15) is 8.78 Å². The van der Waals surface area contributed by atoms with Gasteiger partial charge in [0.05, 0.1) is 11.0 Å². The van der Waals surface area contributed by atoms with Gasteiger partial charge in [0.15, 0.2) is 0 Å². The zero-order valence-electron chi connectivity index (χ0n) is 14.8. The van der Waals surface area contributed by atoms with Crippen LogP contribution in [0.5, 0.6) is 5.75 Å². The molecule has 2 aromatic carbocycles. The van der Waals surface area contributed by atoms with Gasteiger partial charge in [-0.15, -0.1) is 0 Å². The Labute approximate surface area is 161 Å². The second kappa shape index (κ2) is 8.66. The topological polar surface area (TPSA) is 81.7 Å². The highest BCUT2D eigenvalue weighted by molar-refractivity contribution is 7.91. The van der Waals surface area contributed by atoms with Crippen LogP contribution in [-0.2, 0) is 14.6 Å². The first-order chi connectivity index (χ1) is 13.4. The van der Waals surface area contributed by atoms with Crippen LogP contribution < -0.4 is 10.1 Å². The summed E-state index contributed by atoms with van der Waals surface area (Å²) in [5.41, 5.74) is 0.658. The van der Waals surface area contributed by atoms with Gasteiger partial charge in [-0.25, -0.2) is 8.42 Å². The van der Waals surface area contributed by atoms with Crippen molar-refractivity contribution < 1.29 is 31.5 Å². The lowest BCUT2D eigenvalue weighted by Crippen LogP contribution is -2.16. The zero-order chi connectivity index (χ0) is 20.1. The van der Waals surface area contributed by atoms with E-state index in [0.717, 1.165) is 31.6 Å². The molecule has 1 amide bonds. The number of hydrogen-bond donors (Lipinski definition) is 1. The number of nitrogens with one attached hydrogen (secondary N) is 1. The number of carbonyl (C=O) groups is 1. The molecule has 1 atom stereocenters. The van der Waals surface area contributed by atoms with Crippen molar-refractivity contribution in [3.8, 4) is 5.75 Å². The van der Waals surface area contributed by atoms with Crippen molar-refractivity contribution >= 4 is 21.4 Å². The van der Waals surface area contributed by atoms with Crippen molar-refractivity contribution in [2.45, 2.75) is 29.6 Å². The van der Waals surface area contributed by atoms with Crippen LogP contribution in [0.25, 0.3) is 0 Å². The van der Waals surface area contributed by atoms with Gasteiger partial charge in [-0.3, -0.25) is 4.79 Å². The van der Waals surface area contributed by atoms with Crippen molar-refractivity contribution in [1.82, 2.24) is 0 Å². The maximum atomic E-state index is 12.5. The fourth-order valence-corrected chi connectivity index (χ4v) is 3.42. The number of halogens is 2. The van der Waals surface area contributed by atoms with Gasteiger partial charge in [0, 0.05) is 17.9 Å². The molecule has 2 aromatic rings. The Morgan fingerprint density at radius 1 is 1.14 bits per heavy atom. The second-order valence-corrected chi connectivity index (χ2v) is 8.17. The summed E-state index contributed by atoms with van der Waals surface area (Å²) in [4.78, 5) is 11.8. The average molecular weight is 411 g/mol. The first kappa shape index (κ1) is 20.2. The van der Waals surface area contributed by atoms with E-state index >= 15 is 0 Å². The molecule has 3 rings (SSSR count). The van der Waals surface area contributed by atoms with Gasteiger partial charge in [-0.05, 0) is 61.4 Å². The molecule has 28 heavy (non-hydrogen) atoms. The van der Waals surface area contributed by atoms with Crippen molar-refractivity contribution in [2.75, 3.05) is 18.5 Å². The summed E-state index contributed by atoms with van der Waals surface area (Å²) in [6, 6.07) is 11.1. The van der Waals surface area contributed by atoms with Crippen molar-refractivity contribution in [3.63, 3.8) is 0 Å². The quantitative estimate of drug-likeness (QED) is 0.754. The summed E-state index contributed by atoms with van der Waals surface area (Å²) in [7, 11) is -4.66. The monoisotopic (exact) mass is 411 g/mol. The Morgan fingerprint density at radius 2 is 1.82 bits per heavy atom. The number of benzene rings is 2. The van der Waals surface area contributed by atoms with Crippen molar-refractivity contribution in [2.24, 2.45) is 0 Å². The first-order valence-electron chi connectivity index (χ1n) is 8.64. The highest BCUT2D eigenvalue weighted by atomic mass is 32.2. The molecule has 6 nitrogen and oxygen atoms in total. The van der Waals surface area contributed by atoms with Gasteiger partial charge in [0.2, 0.25) is 9.84 Å². The summed E-state index contributed by atoms with van der Waals surface area (Å²) in [5, 5.41) is 2.58. The number of rotatable bonds is 7. The maximum Gasteiger partial charge on any atom is 0.341 e. The SMILES string of the molecule is O=C(Nc1ccc(S(=O)(=O)C(F)F)cc1)c1ccc(OCC2CCCO2)cc1. The molecule has 0 aliphatic carbocycles. The average Bonchev–Trinajstić information content (AvgIpc) is 3.20. The molecular weight excluding hydrogens is 392 g/mol. The molecule has 0 bridgehead atoms. The fraction of sp³-hybridized carbons (Fsp3) is 0.316. The van der Waals surface area contributed by atoms with Crippen molar-refractivity contribution in [1.29, 1.82) is 0 Å². The third kappa shape index (κ3) is 4.85. The molecule has 0 saturated carbocycles. The minimum atomic E-state index is -4.66. The Bertz CT molecular complexity index is 908. The minimum Gasteiger partial charge on any atom is -0.491 e. The molecule has 0 radical (unpaired) electrons. The number of alkyl halides is 2. The highest BCUT2D eigenvalue weighted by Crippen LogP contribution is 2.21. The van der Waals surface area contributed by atoms with E-state index in [-0.39, 0.29) is 11.8 Å². The molecule has 1 N–H and O–H groups in total. The number of hydrogen-bond acceptors (Lipinski definition) is 5. The van der Waals surface area contributed by atoms with E-state index in [1.165, 1.54) is 12.1 Å². The van der Waals surface area contributed by atoms with Crippen molar-refractivity contribution in [3.05, 3.63) is 54.1 Å². The van der Waals surface area contributed by atoms with E-state index in [9.17, 15) is 22.0 Å². The Hall–Kier alpha value is -2.52. The van der Waals surface area contributed by atoms with Crippen LogP contribution in [0.2, 0.25) is 0 Å². The smallest absolute Gasteiger partial charge is 0.341 e. The van der Waals surface area contributed by atoms with E-state index in [1.807, 2.05) is 0 Å². The molecule has 150 valence electrons. The van der Waals surface area contributed by atoms with Crippen LogP contribution in [0.1, 0.15) is 23.2 Å². The minimum absolute atomic E-state index is 0.0971. The zero-order valence-corrected chi connectivity index (χ0v) is 15.6. The molecule has 1 saturated heterocycles. The van der Waals surface area contributed by atoms with Gasteiger partial charge in [-0.1, -0.05) is 0 Å². The highest BCUT2D eigenvalue weighted by Gasteiger charge is 2.26. The van der Waals surface area contributed by atoms with Crippen LogP contribution in [0.4, 0.5) is 14.5 Å². The Morgan fingerprint density at radius 3 is 2.39 bits per heavy atom. The van der Waals surface area contributed by atoms with Gasteiger partial charge in [0.25, 0.3) is 5.91 Å². The number of carbonyl (C=O) groups excluding carboxylic acids is 1. The number of anilines is 1. The van der Waals surface area contributed by atoms with Gasteiger partial charge < -0.3 is 14.8 Å². The fourth-order valence-electron chi connectivity index (χ4n) is 2.70. The molecule has 1 aliphatic rings. The number of ether oxygens (including phenoxy) is 2. The molecule has 1 heterocycles. The van der Waals surface area contributed by atoms with Gasteiger partial charge >= 0.3 is 5.76 Å². The molecule has 1 unspecified atom stereocenters. The maximum absolute atomic E-state index is 12.5. The standard InChI is InChI=1S/C19H19F2NO5S/c20-19(21)28(24,25)17-9-5-14(6-10-17)22-18(23)13-3-7-15(8-4-13)27-12-16-2-1-11-26-16/h3-10,16,19H,1-2,11-12H2,(H,22,23). The summed E-state index contributed by atoms with van der Waals surface area (Å²) >= 11 is 0. The molecule has 0 spiro atoms. The van der Waals surface area contributed by atoms with E-state index < -0.39 is 26.4 Å². The van der Waals surface area contributed by atoms with E-state index in [0.29, 0.717) is 17.9 Å². The van der Waals surface area contributed by atoms with E-state index in [4.69, 9.17) is 9.47 Å². The number of sulfone groups is 1. The molecule has 1 aliphatic heterocycles. The number of amides is 1. The normalized spacial score (nSPS) is 16.9. The van der Waals surface area contributed by atoms with E-state index in [1.54, 1.807) is 24.3 Å². The lowest BCUT2D eigenvalue weighted by atomic mass is 10.2. The Kier molecular flexibility index (Phi) is 6.25. The van der Waals surface area contributed by atoms with Gasteiger partial charge in [0.1, 0.15) is 12.4 Å². The van der Waals surface area contributed by atoms with Crippen LogP contribution in [0, 0.1) is 0 Å². The second-order valence-electron chi connectivity index (χ2n) is 6.25. The third-order valence-electron chi connectivity index (χ3n) is 4.25. The molecule has 1 fully saturated rings. The first-order valence-corrected chi connectivity index (χ1v) is 10.2. The van der Waals surface area contributed by atoms with Crippen LogP contribution in [-0.4, -0.2) is 39.4 Å². The summed E-state index contributed by atoms with van der Waals surface area (Å²) in [5.74, 6) is -3.29. The molecular formula is C19H19F2NO5S. The van der Waals surface area contributed by atoms with Crippen LogP contribution >= 0.6 is 0 Å². The largest absolute Gasteiger partial charge is 0.491 e. The van der Waals surface area contributed by atoms with E-state index in [2.05, 4.69) is 5.32 Å². The lowest BCUT2D eigenvalue weighted by molar-refractivity contribution is 0.0679. The molecule has 9 heteroatoms. The third-order valence-corrected chi connectivity index (χ3v) is 5.65. The summed E-state index contributed by atoms with van der Waals surface area (Å²) in [6.45, 7) is 1.21. The predicted octanol–water partition coefficient (Wildman–Crippen LogP) is 3.49. The Balaban J connectivity index is 1.58. The molecule has 0 aromatic heterocycles. The van der Waals surface area contributed by atoms with Crippen LogP contribution in [0.3, 0.4) is 0 Å². The predicted molar refractivity (Wildman–Crippen MR) is 98.5 cm³/mol. The van der Waals surface area contributed by atoms with Crippen LogP contribution in [0.15, 0.2) is 53.4 Å².